The molecule has 2 aromatic carbocycles. The molecule has 0 aliphatic carbocycles. The highest BCUT2D eigenvalue weighted by molar-refractivity contribution is 5.54. The predicted octanol–water partition coefficient (Wildman–Crippen LogP) is 3.97. The predicted molar refractivity (Wildman–Crippen MR) is 79.3 cm³/mol. The smallest absolute Gasteiger partial charge is 0.146 e. The second-order valence-corrected chi connectivity index (χ2v) is 4.58. The average molecular weight is 258 g/mol. The van der Waals surface area contributed by atoms with E-state index < -0.39 is 0 Å². The van der Waals surface area contributed by atoms with E-state index in [4.69, 9.17) is 0 Å². The first-order valence-electron chi connectivity index (χ1n) is 6.47. The Bertz CT molecular complexity index is 552. The number of anilines is 2. The van der Waals surface area contributed by atoms with Crippen molar-refractivity contribution in [3.63, 3.8) is 0 Å². The molecule has 0 spiro atoms. The van der Waals surface area contributed by atoms with E-state index in [-0.39, 0.29) is 5.82 Å². The molecule has 0 fully saturated rings. The SMILES string of the molecule is Cc1cccc(NCCNc2ccccc2F)c1C. The van der Waals surface area contributed by atoms with E-state index in [1.165, 1.54) is 17.2 Å². The number of aryl methyl sites for hydroxylation is 1. The first-order valence-corrected chi connectivity index (χ1v) is 6.47. The monoisotopic (exact) mass is 258 g/mol. The van der Waals surface area contributed by atoms with Gasteiger partial charge in [-0.2, -0.15) is 0 Å². The molecule has 0 saturated carbocycles. The third-order valence-electron chi connectivity index (χ3n) is 3.23. The number of halogens is 1. The Kier molecular flexibility index (Phi) is 4.39. The molecular weight excluding hydrogens is 239 g/mol. The molecule has 0 amide bonds. The van der Waals surface area contributed by atoms with Gasteiger partial charge in [0.25, 0.3) is 0 Å². The van der Waals surface area contributed by atoms with Gasteiger partial charge in [0.15, 0.2) is 0 Å². The van der Waals surface area contributed by atoms with Crippen LogP contribution in [-0.4, -0.2) is 13.1 Å². The van der Waals surface area contributed by atoms with E-state index in [1.807, 2.05) is 12.1 Å². The van der Waals surface area contributed by atoms with Crippen LogP contribution in [0.5, 0.6) is 0 Å². The summed E-state index contributed by atoms with van der Waals surface area (Å²) < 4.78 is 13.4. The summed E-state index contributed by atoms with van der Waals surface area (Å²) >= 11 is 0. The molecule has 100 valence electrons. The highest BCUT2D eigenvalue weighted by Gasteiger charge is 2.01. The van der Waals surface area contributed by atoms with Crippen molar-refractivity contribution in [2.24, 2.45) is 0 Å². The summed E-state index contributed by atoms with van der Waals surface area (Å²) in [5, 5.41) is 6.44. The van der Waals surface area contributed by atoms with Crippen molar-refractivity contribution < 1.29 is 4.39 Å². The molecule has 0 heterocycles. The lowest BCUT2D eigenvalue weighted by atomic mass is 10.1. The number of benzene rings is 2. The van der Waals surface area contributed by atoms with Crippen LogP contribution in [0.25, 0.3) is 0 Å². The van der Waals surface area contributed by atoms with E-state index in [0.29, 0.717) is 12.2 Å². The number of nitrogens with one attached hydrogen (secondary N) is 2. The van der Waals surface area contributed by atoms with Crippen molar-refractivity contribution in [2.45, 2.75) is 13.8 Å². The zero-order valence-corrected chi connectivity index (χ0v) is 11.3. The van der Waals surface area contributed by atoms with Crippen LogP contribution in [0, 0.1) is 19.7 Å². The fourth-order valence-corrected chi connectivity index (χ4v) is 1.94. The molecule has 3 heteroatoms. The van der Waals surface area contributed by atoms with Gasteiger partial charge in [0.1, 0.15) is 5.82 Å². The van der Waals surface area contributed by atoms with Crippen molar-refractivity contribution in [3.05, 3.63) is 59.4 Å². The standard InChI is InChI=1S/C16H19FN2/c1-12-6-5-9-15(13(12)2)18-10-11-19-16-8-4-3-7-14(16)17/h3-9,18-19H,10-11H2,1-2H3. The minimum absolute atomic E-state index is 0.214. The third-order valence-corrected chi connectivity index (χ3v) is 3.23. The largest absolute Gasteiger partial charge is 0.383 e. The Balaban J connectivity index is 1.84. The summed E-state index contributed by atoms with van der Waals surface area (Å²) in [6, 6.07) is 12.9. The van der Waals surface area contributed by atoms with Gasteiger partial charge in [0.05, 0.1) is 5.69 Å². The van der Waals surface area contributed by atoms with E-state index in [0.717, 1.165) is 12.2 Å². The van der Waals surface area contributed by atoms with Gasteiger partial charge in [0.2, 0.25) is 0 Å². The van der Waals surface area contributed by atoms with E-state index >= 15 is 0 Å². The van der Waals surface area contributed by atoms with Crippen LogP contribution in [0.2, 0.25) is 0 Å². The Labute approximate surface area is 113 Å². The van der Waals surface area contributed by atoms with Crippen molar-refractivity contribution in [2.75, 3.05) is 23.7 Å². The Morgan fingerprint density at radius 2 is 1.47 bits per heavy atom. The molecule has 2 nitrogen and oxygen atoms in total. The van der Waals surface area contributed by atoms with Gasteiger partial charge >= 0.3 is 0 Å². The van der Waals surface area contributed by atoms with Gasteiger partial charge in [-0.1, -0.05) is 24.3 Å². The van der Waals surface area contributed by atoms with Crippen LogP contribution in [-0.2, 0) is 0 Å². The summed E-state index contributed by atoms with van der Waals surface area (Å²) in [7, 11) is 0. The van der Waals surface area contributed by atoms with Crippen LogP contribution in [0.3, 0.4) is 0 Å². The topological polar surface area (TPSA) is 24.1 Å². The third kappa shape index (κ3) is 3.47. The molecule has 0 aliphatic rings. The van der Waals surface area contributed by atoms with Crippen molar-refractivity contribution in [1.82, 2.24) is 0 Å². The molecule has 19 heavy (non-hydrogen) atoms. The normalized spacial score (nSPS) is 10.3. The molecule has 0 saturated heterocycles. The average Bonchev–Trinajstić information content (AvgIpc) is 2.41. The quantitative estimate of drug-likeness (QED) is 0.793. The lowest BCUT2D eigenvalue weighted by Gasteiger charge is -2.12. The molecular formula is C16H19FN2. The maximum Gasteiger partial charge on any atom is 0.146 e. The molecule has 0 radical (unpaired) electrons. The van der Waals surface area contributed by atoms with Gasteiger partial charge in [0, 0.05) is 18.8 Å². The summed E-state index contributed by atoms with van der Waals surface area (Å²) in [6.45, 7) is 5.62. The number of para-hydroxylation sites is 1. The number of hydrogen-bond acceptors (Lipinski definition) is 2. The van der Waals surface area contributed by atoms with Crippen molar-refractivity contribution >= 4 is 11.4 Å². The summed E-state index contributed by atoms with van der Waals surface area (Å²) in [6.07, 6.45) is 0. The summed E-state index contributed by atoms with van der Waals surface area (Å²) in [5.74, 6) is -0.214. The molecule has 0 aliphatic heterocycles. The van der Waals surface area contributed by atoms with Gasteiger partial charge < -0.3 is 10.6 Å². The van der Waals surface area contributed by atoms with E-state index in [1.54, 1.807) is 12.1 Å². The molecule has 2 aromatic rings. The summed E-state index contributed by atoms with van der Waals surface area (Å²) in [5.41, 5.74) is 4.21. The van der Waals surface area contributed by atoms with Crippen LogP contribution in [0.4, 0.5) is 15.8 Å². The maximum absolute atomic E-state index is 13.4. The lowest BCUT2D eigenvalue weighted by Crippen LogP contribution is -2.15. The molecule has 0 atom stereocenters. The zero-order chi connectivity index (χ0) is 13.7. The zero-order valence-electron chi connectivity index (χ0n) is 11.3. The minimum atomic E-state index is -0.214. The van der Waals surface area contributed by atoms with Gasteiger partial charge in [-0.3, -0.25) is 0 Å². The fraction of sp³-hybridized carbons (Fsp3) is 0.250. The Morgan fingerprint density at radius 3 is 2.21 bits per heavy atom. The number of rotatable bonds is 5. The summed E-state index contributed by atoms with van der Waals surface area (Å²) in [4.78, 5) is 0. The Hall–Kier alpha value is -2.03. The minimum Gasteiger partial charge on any atom is -0.383 e. The van der Waals surface area contributed by atoms with E-state index in [9.17, 15) is 4.39 Å². The van der Waals surface area contributed by atoms with Crippen LogP contribution >= 0.6 is 0 Å². The first-order chi connectivity index (χ1) is 9.18. The van der Waals surface area contributed by atoms with Gasteiger partial charge in [-0.25, -0.2) is 4.39 Å². The number of hydrogen-bond donors (Lipinski definition) is 2. The van der Waals surface area contributed by atoms with Crippen LogP contribution in [0.1, 0.15) is 11.1 Å². The highest BCUT2D eigenvalue weighted by Crippen LogP contribution is 2.17. The van der Waals surface area contributed by atoms with Gasteiger partial charge in [-0.05, 0) is 43.2 Å². The molecule has 2 N–H and O–H groups in total. The molecule has 2 rings (SSSR count). The maximum atomic E-state index is 13.4. The van der Waals surface area contributed by atoms with Crippen LogP contribution in [0.15, 0.2) is 42.5 Å². The van der Waals surface area contributed by atoms with Crippen molar-refractivity contribution in [1.29, 1.82) is 0 Å². The molecule has 0 bridgehead atoms. The van der Waals surface area contributed by atoms with Crippen LogP contribution < -0.4 is 10.6 Å². The second-order valence-electron chi connectivity index (χ2n) is 4.58. The molecule has 0 unspecified atom stereocenters. The first kappa shape index (κ1) is 13.4. The second kappa shape index (κ2) is 6.23. The van der Waals surface area contributed by atoms with Gasteiger partial charge in [-0.15, -0.1) is 0 Å². The Morgan fingerprint density at radius 1 is 0.842 bits per heavy atom. The highest BCUT2D eigenvalue weighted by atomic mass is 19.1. The lowest BCUT2D eigenvalue weighted by molar-refractivity contribution is 0.630. The van der Waals surface area contributed by atoms with E-state index in [2.05, 4.69) is 36.6 Å². The molecule has 0 aromatic heterocycles. The fourth-order valence-electron chi connectivity index (χ4n) is 1.94. The van der Waals surface area contributed by atoms with Crippen molar-refractivity contribution in [3.8, 4) is 0 Å².